The van der Waals surface area contributed by atoms with Crippen LogP contribution in [0.4, 0.5) is 0 Å². The number of morpholine rings is 1. The normalized spacial score (nSPS) is 19.7. The smallest absolute Gasteiger partial charge is 0.122 e. The van der Waals surface area contributed by atoms with Crippen molar-refractivity contribution in [1.82, 2.24) is 4.90 Å². The molecule has 0 radical (unpaired) electrons. The van der Waals surface area contributed by atoms with Crippen LogP contribution in [0.3, 0.4) is 0 Å². The molecule has 22 heavy (non-hydrogen) atoms. The summed E-state index contributed by atoms with van der Waals surface area (Å²) in [5.41, 5.74) is 0.980. The molecule has 1 aromatic rings. The topological polar surface area (TPSA) is 21.7 Å². The minimum absolute atomic E-state index is 0.365. The second-order valence-electron chi connectivity index (χ2n) is 5.93. The van der Waals surface area contributed by atoms with Gasteiger partial charge in [0.2, 0.25) is 0 Å². The zero-order valence-corrected chi connectivity index (χ0v) is 13.8. The van der Waals surface area contributed by atoms with E-state index in [1.54, 1.807) is 0 Å². The maximum Gasteiger partial charge on any atom is 0.122 e. The van der Waals surface area contributed by atoms with E-state index in [0.717, 1.165) is 61.9 Å². The molecule has 1 aliphatic heterocycles. The number of hydrogen-bond donors (Lipinski definition) is 1. The Hall–Kier alpha value is -1.15. The third-order valence-corrected chi connectivity index (χ3v) is 4.39. The van der Waals surface area contributed by atoms with Gasteiger partial charge in [-0.1, -0.05) is 11.8 Å². The first-order chi connectivity index (χ1) is 10.8. The number of nitrogens with zero attached hydrogens (tertiary/aromatic N) is 1. The standard InChI is InChI=1S/C18H23NO2S/c22-18-13-15(4-3-7-19-8-10-20-11-9-19)12-17(14-18)21-16-5-1-2-6-16/h12-14,16,22H,1-2,5-11H2. The van der Waals surface area contributed by atoms with Gasteiger partial charge < -0.3 is 9.47 Å². The molecule has 0 unspecified atom stereocenters. The highest BCUT2D eigenvalue weighted by Gasteiger charge is 2.16. The first kappa shape index (κ1) is 15.7. The van der Waals surface area contributed by atoms with E-state index in [1.807, 2.05) is 18.2 Å². The summed E-state index contributed by atoms with van der Waals surface area (Å²) in [6.07, 6.45) is 5.24. The monoisotopic (exact) mass is 317 g/mol. The Bertz CT molecular complexity index is 552. The van der Waals surface area contributed by atoms with Gasteiger partial charge in [0.15, 0.2) is 0 Å². The molecule has 1 aliphatic carbocycles. The lowest BCUT2D eigenvalue weighted by Gasteiger charge is -2.24. The van der Waals surface area contributed by atoms with E-state index in [4.69, 9.17) is 9.47 Å². The van der Waals surface area contributed by atoms with Crippen molar-refractivity contribution in [3.63, 3.8) is 0 Å². The van der Waals surface area contributed by atoms with Gasteiger partial charge in [-0.2, -0.15) is 0 Å². The molecular weight excluding hydrogens is 294 g/mol. The van der Waals surface area contributed by atoms with Crippen LogP contribution in [0.1, 0.15) is 31.2 Å². The summed E-state index contributed by atoms with van der Waals surface area (Å²) in [5, 5.41) is 0. The molecule has 1 aromatic carbocycles. The van der Waals surface area contributed by atoms with Gasteiger partial charge in [-0.3, -0.25) is 4.90 Å². The molecular formula is C18H23NO2S. The Kier molecular flexibility index (Phi) is 5.66. The van der Waals surface area contributed by atoms with Crippen LogP contribution < -0.4 is 4.74 Å². The summed E-state index contributed by atoms with van der Waals surface area (Å²) in [7, 11) is 0. The van der Waals surface area contributed by atoms with Gasteiger partial charge >= 0.3 is 0 Å². The summed E-state index contributed by atoms with van der Waals surface area (Å²) >= 11 is 4.47. The van der Waals surface area contributed by atoms with Crippen molar-refractivity contribution in [1.29, 1.82) is 0 Å². The average Bonchev–Trinajstić information content (AvgIpc) is 3.01. The first-order valence-corrected chi connectivity index (χ1v) is 8.54. The van der Waals surface area contributed by atoms with Gasteiger partial charge in [0.25, 0.3) is 0 Å². The van der Waals surface area contributed by atoms with Crippen molar-refractivity contribution in [3.05, 3.63) is 23.8 Å². The molecule has 118 valence electrons. The molecule has 0 aromatic heterocycles. The van der Waals surface area contributed by atoms with E-state index in [-0.39, 0.29) is 0 Å². The minimum Gasteiger partial charge on any atom is -0.490 e. The summed E-state index contributed by atoms with van der Waals surface area (Å²) in [5.74, 6) is 7.39. The lowest BCUT2D eigenvalue weighted by Crippen LogP contribution is -2.36. The fourth-order valence-corrected chi connectivity index (χ4v) is 3.20. The number of benzene rings is 1. The maximum atomic E-state index is 6.05. The SMILES string of the molecule is Sc1cc(C#CCN2CCOCC2)cc(OC2CCCC2)c1. The van der Waals surface area contributed by atoms with E-state index >= 15 is 0 Å². The minimum atomic E-state index is 0.365. The Morgan fingerprint density at radius 2 is 1.95 bits per heavy atom. The van der Waals surface area contributed by atoms with Gasteiger partial charge in [0.1, 0.15) is 5.75 Å². The Balaban J connectivity index is 1.61. The molecule has 0 spiro atoms. The fourth-order valence-electron chi connectivity index (χ4n) is 2.93. The van der Waals surface area contributed by atoms with Crippen molar-refractivity contribution in [3.8, 4) is 17.6 Å². The molecule has 1 saturated heterocycles. The van der Waals surface area contributed by atoms with Crippen LogP contribution in [0, 0.1) is 11.8 Å². The zero-order chi connectivity index (χ0) is 15.2. The molecule has 3 nitrogen and oxygen atoms in total. The Labute approximate surface area is 138 Å². The van der Waals surface area contributed by atoms with Crippen molar-refractivity contribution in [2.75, 3.05) is 32.8 Å². The summed E-state index contributed by atoms with van der Waals surface area (Å²) < 4.78 is 11.4. The van der Waals surface area contributed by atoms with Crippen molar-refractivity contribution < 1.29 is 9.47 Å². The number of thiol groups is 1. The van der Waals surface area contributed by atoms with Crippen LogP contribution in [0.25, 0.3) is 0 Å². The predicted molar refractivity (Wildman–Crippen MR) is 90.7 cm³/mol. The molecule has 2 fully saturated rings. The molecule has 1 saturated carbocycles. The second kappa shape index (κ2) is 7.92. The largest absolute Gasteiger partial charge is 0.490 e. The fraction of sp³-hybridized carbons (Fsp3) is 0.556. The van der Waals surface area contributed by atoms with E-state index in [2.05, 4.69) is 29.4 Å². The second-order valence-corrected chi connectivity index (χ2v) is 6.45. The quantitative estimate of drug-likeness (QED) is 0.684. The predicted octanol–water partition coefficient (Wildman–Crippen LogP) is 2.98. The summed E-state index contributed by atoms with van der Waals surface area (Å²) in [6, 6.07) is 6.01. The van der Waals surface area contributed by atoms with Crippen LogP contribution >= 0.6 is 12.6 Å². The Morgan fingerprint density at radius 3 is 2.73 bits per heavy atom. The van der Waals surface area contributed by atoms with Crippen LogP contribution in [0.2, 0.25) is 0 Å². The van der Waals surface area contributed by atoms with E-state index in [1.165, 1.54) is 12.8 Å². The highest BCUT2D eigenvalue weighted by atomic mass is 32.1. The third-order valence-electron chi connectivity index (χ3n) is 4.14. The summed E-state index contributed by atoms with van der Waals surface area (Å²) in [6.45, 7) is 4.36. The van der Waals surface area contributed by atoms with Crippen LogP contribution in [0.5, 0.6) is 5.75 Å². The van der Waals surface area contributed by atoms with E-state index in [9.17, 15) is 0 Å². The molecule has 3 rings (SSSR count). The molecule has 1 heterocycles. The molecule has 0 bridgehead atoms. The van der Waals surface area contributed by atoms with Gasteiger partial charge in [-0.05, 0) is 43.9 Å². The molecule has 4 heteroatoms. The third kappa shape index (κ3) is 4.67. The van der Waals surface area contributed by atoms with Gasteiger partial charge in [0.05, 0.1) is 25.9 Å². The number of ether oxygens (including phenoxy) is 2. The van der Waals surface area contributed by atoms with Crippen molar-refractivity contribution in [2.24, 2.45) is 0 Å². The van der Waals surface area contributed by atoms with E-state index in [0.29, 0.717) is 6.10 Å². The average molecular weight is 317 g/mol. The highest BCUT2D eigenvalue weighted by molar-refractivity contribution is 7.80. The van der Waals surface area contributed by atoms with Crippen molar-refractivity contribution >= 4 is 12.6 Å². The summed E-state index contributed by atoms with van der Waals surface area (Å²) in [4.78, 5) is 3.22. The highest BCUT2D eigenvalue weighted by Crippen LogP contribution is 2.26. The van der Waals surface area contributed by atoms with Gasteiger partial charge in [-0.25, -0.2) is 0 Å². The van der Waals surface area contributed by atoms with Crippen LogP contribution in [0.15, 0.2) is 23.1 Å². The molecule has 2 aliphatic rings. The first-order valence-electron chi connectivity index (χ1n) is 8.09. The molecule has 0 amide bonds. The van der Waals surface area contributed by atoms with Crippen LogP contribution in [-0.4, -0.2) is 43.9 Å². The van der Waals surface area contributed by atoms with E-state index < -0.39 is 0 Å². The lowest BCUT2D eigenvalue weighted by molar-refractivity contribution is 0.0443. The lowest BCUT2D eigenvalue weighted by atomic mass is 10.2. The van der Waals surface area contributed by atoms with Gasteiger partial charge in [0, 0.05) is 23.5 Å². The molecule has 0 N–H and O–H groups in total. The van der Waals surface area contributed by atoms with Crippen LogP contribution in [-0.2, 0) is 4.74 Å². The zero-order valence-electron chi connectivity index (χ0n) is 12.9. The maximum absolute atomic E-state index is 6.05. The number of rotatable bonds is 3. The molecule has 0 atom stereocenters. The van der Waals surface area contributed by atoms with Crippen molar-refractivity contribution in [2.45, 2.75) is 36.7 Å². The Morgan fingerprint density at radius 1 is 1.18 bits per heavy atom. The number of hydrogen-bond acceptors (Lipinski definition) is 4. The van der Waals surface area contributed by atoms with Gasteiger partial charge in [-0.15, -0.1) is 12.6 Å².